The van der Waals surface area contributed by atoms with Crippen molar-refractivity contribution in [3.63, 3.8) is 0 Å². The van der Waals surface area contributed by atoms with Crippen LogP contribution in [0.1, 0.15) is 19.8 Å². The van der Waals surface area contributed by atoms with E-state index in [1.807, 2.05) is 18.2 Å². The number of rotatable bonds is 3. The number of nitrogens with one attached hydrogen (secondary N) is 1. The summed E-state index contributed by atoms with van der Waals surface area (Å²) in [5.41, 5.74) is 1.05. The van der Waals surface area contributed by atoms with Gasteiger partial charge < -0.3 is 10.2 Å². The van der Waals surface area contributed by atoms with Crippen LogP contribution in [-0.4, -0.2) is 30.6 Å². The number of nitrogens with zero attached hydrogens (tertiary/aromatic N) is 1. The molecule has 0 aliphatic carbocycles. The van der Waals surface area contributed by atoms with Crippen LogP contribution in [0.2, 0.25) is 5.02 Å². The van der Waals surface area contributed by atoms with Gasteiger partial charge in [-0.3, -0.25) is 0 Å². The predicted octanol–water partition coefficient (Wildman–Crippen LogP) is 4.00. The Kier molecular flexibility index (Phi) is 4.71. The maximum absolute atomic E-state index is 6.20. The molecule has 1 aromatic carbocycles. The first-order valence-electron chi connectivity index (χ1n) is 6.13. The molecule has 1 fully saturated rings. The van der Waals surface area contributed by atoms with Gasteiger partial charge in [0.25, 0.3) is 0 Å². The van der Waals surface area contributed by atoms with Crippen molar-refractivity contribution < 1.29 is 0 Å². The molecule has 1 saturated heterocycles. The van der Waals surface area contributed by atoms with E-state index in [4.69, 9.17) is 11.6 Å². The SMILES string of the molecule is CCN1CCC(Nc2ccc(Br)cc2Cl)CC1. The Hall–Kier alpha value is -0.250. The van der Waals surface area contributed by atoms with E-state index in [2.05, 4.69) is 33.1 Å². The second-order valence-corrected chi connectivity index (χ2v) is 5.80. The molecular weight excluding hydrogens is 300 g/mol. The van der Waals surface area contributed by atoms with Gasteiger partial charge in [-0.1, -0.05) is 34.5 Å². The van der Waals surface area contributed by atoms with Crippen molar-refractivity contribution in [1.29, 1.82) is 0 Å². The van der Waals surface area contributed by atoms with Crippen LogP contribution in [0.25, 0.3) is 0 Å². The molecule has 17 heavy (non-hydrogen) atoms. The minimum atomic E-state index is 0.552. The first kappa shape index (κ1) is 13.2. The van der Waals surface area contributed by atoms with Crippen LogP contribution >= 0.6 is 27.5 Å². The van der Waals surface area contributed by atoms with Gasteiger partial charge in [0.15, 0.2) is 0 Å². The van der Waals surface area contributed by atoms with Gasteiger partial charge in [-0.05, 0) is 37.6 Å². The zero-order valence-electron chi connectivity index (χ0n) is 10.0. The van der Waals surface area contributed by atoms with Gasteiger partial charge in [-0.15, -0.1) is 0 Å². The van der Waals surface area contributed by atoms with E-state index in [9.17, 15) is 0 Å². The Labute approximate surface area is 116 Å². The van der Waals surface area contributed by atoms with E-state index in [1.165, 1.54) is 25.9 Å². The second kappa shape index (κ2) is 6.07. The lowest BCUT2D eigenvalue weighted by Gasteiger charge is -2.32. The number of halogens is 2. The molecule has 1 aromatic rings. The second-order valence-electron chi connectivity index (χ2n) is 4.48. The lowest BCUT2D eigenvalue weighted by atomic mass is 10.0. The van der Waals surface area contributed by atoms with Crippen LogP contribution < -0.4 is 5.32 Å². The number of hydrogen-bond donors (Lipinski definition) is 1. The average molecular weight is 318 g/mol. The van der Waals surface area contributed by atoms with Crippen LogP contribution in [0.5, 0.6) is 0 Å². The van der Waals surface area contributed by atoms with Gasteiger partial charge in [-0.2, -0.15) is 0 Å². The first-order chi connectivity index (χ1) is 8.19. The van der Waals surface area contributed by atoms with E-state index in [-0.39, 0.29) is 0 Å². The van der Waals surface area contributed by atoms with Gasteiger partial charge >= 0.3 is 0 Å². The van der Waals surface area contributed by atoms with E-state index in [1.54, 1.807) is 0 Å². The molecule has 0 unspecified atom stereocenters. The van der Waals surface area contributed by atoms with Crippen molar-refractivity contribution in [1.82, 2.24) is 4.90 Å². The van der Waals surface area contributed by atoms with Crippen molar-refractivity contribution in [3.05, 3.63) is 27.7 Å². The zero-order valence-corrected chi connectivity index (χ0v) is 12.4. The van der Waals surface area contributed by atoms with Crippen molar-refractivity contribution in [2.24, 2.45) is 0 Å². The fourth-order valence-electron chi connectivity index (χ4n) is 2.22. The standard InChI is InChI=1S/C13H18BrClN2/c1-2-17-7-5-11(6-8-17)16-13-4-3-10(14)9-12(13)15/h3-4,9,11,16H,2,5-8H2,1H3. The molecular formula is C13H18BrClN2. The number of hydrogen-bond acceptors (Lipinski definition) is 2. The van der Waals surface area contributed by atoms with Crippen molar-refractivity contribution in [2.45, 2.75) is 25.8 Å². The smallest absolute Gasteiger partial charge is 0.0648 e. The maximum Gasteiger partial charge on any atom is 0.0648 e. The average Bonchev–Trinajstić information content (AvgIpc) is 2.34. The quantitative estimate of drug-likeness (QED) is 0.906. The Morgan fingerprint density at radius 2 is 2.12 bits per heavy atom. The minimum absolute atomic E-state index is 0.552. The highest BCUT2D eigenvalue weighted by molar-refractivity contribution is 9.10. The predicted molar refractivity (Wildman–Crippen MR) is 77.9 cm³/mol. The molecule has 0 saturated carbocycles. The number of piperidine rings is 1. The van der Waals surface area contributed by atoms with Gasteiger partial charge in [0.1, 0.15) is 0 Å². The fourth-order valence-corrected chi connectivity index (χ4v) is 2.95. The number of anilines is 1. The molecule has 0 radical (unpaired) electrons. The van der Waals surface area contributed by atoms with Crippen molar-refractivity contribution in [2.75, 3.05) is 25.0 Å². The van der Waals surface area contributed by atoms with Gasteiger partial charge in [0.2, 0.25) is 0 Å². The molecule has 2 rings (SSSR count). The molecule has 1 aliphatic heterocycles. The topological polar surface area (TPSA) is 15.3 Å². The fraction of sp³-hybridized carbons (Fsp3) is 0.538. The van der Waals surface area contributed by atoms with Crippen LogP contribution in [0, 0.1) is 0 Å². The normalized spacial score (nSPS) is 18.3. The summed E-state index contributed by atoms with van der Waals surface area (Å²) in [5, 5.41) is 4.33. The number of benzene rings is 1. The Balaban J connectivity index is 1.93. The third kappa shape index (κ3) is 3.60. The third-order valence-corrected chi connectivity index (χ3v) is 4.13. The maximum atomic E-state index is 6.20. The van der Waals surface area contributed by atoms with Gasteiger partial charge in [0, 0.05) is 23.6 Å². The van der Waals surface area contributed by atoms with Gasteiger partial charge in [-0.25, -0.2) is 0 Å². The molecule has 1 N–H and O–H groups in total. The summed E-state index contributed by atoms with van der Waals surface area (Å²) in [6.07, 6.45) is 2.39. The molecule has 2 nitrogen and oxygen atoms in total. The van der Waals surface area contributed by atoms with Crippen LogP contribution in [-0.2, 0) is 0 Å². The summed E-state index contributed by atoms with van der Waals surface area (Å²) in [7, 11) is 0. The first-order valence-corrected chi connectivity index (χ1v) is 7.30. The minimum Gasteiger partial charge on any atom is -0.381 e. The number of likely N-dealkylation sites (tertiary alicyclic amines) is 1. The van der Waals surface area contributed by atoms with Crippen molar-refractivity contribution >= 4 is 33.2 Å². The molecule has 94 valence electrons. The van der Waals surface area contributed by atoms with Crippen LogP contribution in [0.4, 0.5) is 5.69 Å². The summed E-state index contributed by atoms with van der Waals surface area (Å²) in [5.74, 6) is 0. The molecule has 0 bridgehead atoms. The summed E-state index contributed by atoms with van der Waals surface area (Å²) in [6.45, 7) is 5.75. The molecule has 0 aromatic heterocycles. The van der Waals surface area contributed by atoms with Crippen molar-refractivity contribution in [3.8, 4) is 0 Å². The highest BCUT2D eigenvalue weighted by Crippen LogP contribution is 2.27. The lowest BCUT2D eigenvalue weighted by Crippen LogP contribution is -2.38. The summed E-state index contributed by atoms with van der Waals surface area (Å²) < 4.78 is 1.02. The highest BCUT2D eigenvalue weighted by Gasteiger charge is 2.18. The molecule has 4 heteroatoms. The van der Waals surface area contributed by atoms with Crippen LogP contribution in [0.15, 0.2) is 22.7 Å². The van der Waals surface area contributed by atoms with E-state index >= 15 is 0 Å². The summed E-state index contributed by atoms with van der Waals surface area (Å²) in [4.78, 5) is 2.49. The highest BCUT2D eigenvalue weighted by atomic mass is 79.9. The Morgan fingerprint density at radius 1 is 1.41 bits per heavy atom. The van der Waals surface area contributed by atoms with E-state index < -0.39 is 0 Å². The molecule has 1 heterocycles. The summed E-state index contributed by atoms with van der Waals surface area (Å²) >= 11 is 9.62. The monoisotopic (exact) mass is 316 g/mol. The zero-order chi connectivity index (χ0) is 12.3. The van der Waals surface area contributed by atoms with Crippen LogP contribution in [0.3, 0.4) is 0 Å². The Morgan fingerprint density at radius 3 is 2.71 bits per heavy atom. The molecule has 1 aliphatic rings. The molecule has 0 spiro atoms. The molecule has 0 amide bonds. The molecule has 0 atom stereocenters. The summed E-state index contributed by atoms with van der Waals surface area (Å²) in [6, 6.07) is 6.55. The van der Waals surface area contributed by atoms with Gasteiger partial charge in [0.05, 0.1) is 10.7 Å². The third-order valence-electron chi connectivity index (χ3n) is 3.33. The van der Waals surface area contributed by atoms with E-state index in [0.29, 0.717) is 6.04 Å². The van der Waals surface area contributed by atoms with E-state index in [0.717, 1.165) is 21.7 Å². The Bertz CT molecular complexity index is 376. The lowest BCUT2D eigenvalue weighted by molar-refractivity contribution is 0.229. The largest absolute Gasteiger partial charge is 0.381 e.